The second-order valence-electron chi connectivity index (χ2n) is 6.78. The molecule has 0 spiro atoms. The van der Waals surface area contributed by atoms with E-state index in [0.717, 1.165) is 12.0 Å². The first-order chi connectivity index (χ1) is 8.38. The van der Waals surface area contributed by atoms with Gasteiger partial charge >= 0.3 is 0 Å². The largest absolute Gasteiger partial charge is 0.294 e. The number of benzene rings is 1. The van der Waals surface area contributed by atoms with Crippen LogP contribution in [0.1, 0.15) is 68.8 Å². The van der Waals surface area contributed by atoms with Gasteiger partial charge in [-0.3, -0.25) is 4.79 Å². The molecule has 1 fully saturated rings. The van der Waals surface area contributed by atoms with E-state index in [1.807, 2.05) is 12.1 Å². The molecule has 0 aromatic heterocycles. The molecule has 1 saturated carbocycles. The third-order valence-corrected chi connectivity index (χ3v) is 4.20. The number of hydrogen-bond donors (Lipinski definition) is 0. The van der Waals surface area contributed by atoms with Crippen LogP contribution >= 0.6 is 0 Å². The summed E-state index contributed by atoms with van der Waals surface area (Å²) in [5.41, 5.74) is 2.47. The lowest BCUT2D eigenvalue weighted by Crippen LogP contribution is -2.15. The predicted molar refractivity (Wildman–Crippen MR) is 76.0 cm³/mol. The van der Waals surface area contributed by atoms with Crippen LogP contribution in [0.5, 0.6) is 0 Å². The molecule has 1 aromatic carbocycles. The van der Waals surface area contributed by atoms with E-state index in [2.05, 4.69) is 39.8 Å². The minimum absolute atomic E-state index is 0.263. The van der Waals surface area contributed by atoms with Crippen molar-refractivity contribution in [2.75, 3.05) is 0 Å². The Kier molecular flexibility index (Phi) is 3.61. The summed E-state index contributed by atoms with van der Waals surface area (Å²) in [7, 11) is 0. The van der Waals surface area contributed by atoms with Crippen LogP contribution in [-0.4, -0.2) is 5.78 Å². The first-order valence-electron chi connectivity index (χ1n) is 7.01. The summed E-state index contributed by atoms with van der Waals surface area (Å²) in [5, 5.41) is 0. The minimum atomic E-state index is 0.263. The van der Waals surface area contributed by atoms with E-state index < -0.39 is 0 Å². The Morgan fingerprint density at radius 2 is 1.78 bits per heavy atom. The Morgan fingerprint density at radius 3 is 2.22 bits per heavy atom. The molecule has 0 amide bonds. The fourth-order valence-corrected chi connectivity index (χ4v) is 2.16. The quantitative estimate of drug-likeness (QED) is 0.694. The Labute approximate surface area is 111 Å². The average molecular weight is 244 g/mol. The smallest absolute Gasteiger partial charge is 0.163 e. The first kappa shape index (κ1) is 13.3. The summed E-state index contributed by atoms with van der Waals surface area (Å²) in [6.45, 7) is 9.01. The molecule has 0 aliphatic heterocycles. The van der Waals surface area contributed by atoms with Gasteiger partial charge in [-0.05, 0) is 35.7 Å². The third kappa shape index (κ3) is 3.22. The van der Waals surface area contributed by atoms with Gasteiger partial charge in [0.05, 0.1) is 0 Å². The van der Waals surface area contributed by atoms with Gasteiger partial charge in [0.1, 0.15) is 0 Å². The molecule has 1 unspecified atom stereocenters. The van der Waals surface area contributed by atoms with Crippen LogP contribution in [0.3, 0.4) is 0 Å². The lowest BCUT2D eigenvalue weighted by Gasteiger charge is -2.27. The van der Waals surface area contributed by atoms with Gasteiger partial charge in [0.25, 0.3) is 0 Å². The van der Waals surface area contributed by atoms with E-state index in [4.69, 9.17) is 0 Å². The first-order valence-corrected chi connectivity index (χ1v) is 7.01. The summed E-state index contributed by atoms with van der Waals surface area (Å²) in [4.78, 5) is 12.0. The van der Waals surface area contributed by atoms with Gasteiger partial charge in [-0.15, -0.1) is 0 Å². The van der Waals surface area contributed by atoms with Crippen LogP contribution in [0, 0.1) is 11.3 Å². The molecule has 0 heterocycles. The van der Waals surface area contributed by atoms with Crippen molar-refractivity contribution in [1.82, 2.24) is 0 Å². The summed E-state index contributed by atoms with van der Waals surface area (Å²) in [6.07, 6.45) is 3.23. The molecule has 1 heteroatoms. The van der Waals surface area contributed by atoms with E-state index in [-0.39, 0.29) is 5.41 Å². The third-order valence-electron chi connectivity index (χ3n) is 4.20. The van der Waals surface area contributed by atoms with Crippen LogP contribution in [0.2, 0.25) is 0 Å². The van der Waals surface area contributed by atoms with Gasteiger partial charge in [-0.25, -0.2) is 0 Å². The standard InChI is InChI=1S/C17H24O/c1-12(17(2,3)4)14-7-9-15(10-8-14)16(18)11-13-5-6-13/h7-10,12-13H,5-6,11H2,1-4H3. The van der Waals surface area contributed by atoms with E-state index in [0.29, 0.717) is 17.6 Å². The average Bonchev–Trinajstić information content (AvgIpc) is 3.11. The van der Waals surface area contributed by atoms with Crippen molar-refractivity contribution in [1.29, 1.82) is 0 Å². The second-order valence-corrected chi connectivity index (χ2v) is 6.78. The van der Waals surface area contributed by atoms with Gasteiger partial charge in [0.2, 0.25) is 0 Å². The molecule has 0 bridgehead atoms. The molecule has 0 saturated heterocycles. The monoisotopic (exact) mass is 244 g/mol. The van der Waals surface area contributed by atoms with E-state index in [9.17, 15) is 4.79 Å². The second kappa shape index (κ2) is 4.87. The number of Topliss-reactive ketones (excluding diaryl/α,β-unsaturated/α-hetero) is 1. The highest BCUT2D eigenvalue weighted by molar-refractivity contribution is 5.96. The molecule has 1 atom stereocenters. The molecule has 0 N–H and O–H groups in total. The van der Waals surface area contributed by atoms with Crippen LogP contribution in [-0.2, 0) is 0 Å². The summed E-state index contributed by atoms with van der Waals surface area (Å²) in [6, 6.07) is 8.25. The number of rotatable bonds is 4. The maximum atomic E-state index is 12.0. The SMILES string of the molecule is CC(c1ccc(C(=O)CC2CC2)cc1)C(C)(C)C. The minimum Gasteiger partial charge on any atom is -0.294 e. The van der Waals surface area contributed by atoms with Crippen molar-refractivity contribution >= 4 is 5.78 Å². The highest BCUT2D eigenvalue weighted by Crippen LogP contribution is 2.35. The Morgan fingerprint density at radius 1 is 1.22 bits per heavy atom. The molecular formula is C17H24O. The van der Waals surface area contributed by atoms with Crippen molar-refractivity contribution in [3.05, 3.63) is 35.4 Å². The number of carbonyl (C=O) groups is 1. The van der Waals surface area contributed by atoms with Crippen molar-refractivity contribution < 1.29 is 4.79 Å². The summed E-state index contributed by atoms with van der Waals surface area (Å²) >= 11 is 0. The van der Waals surface area contributed by atoms with E-state index in [1.165, 1.54) is 18.4 Å². The molecule has 0 radical (unpaired) electrons. The van der Waals surface area contributed by atoms with Gasteiger partial charge in [-0.1, -0.05) is 52.0 Å². The number of ketones is 1. The highest BCUT2D eigenvalue weighted by atomic mass is 16.1. The lowest BCUT2D eigenvalue weighted by molar-refractivity contribution is 0.0976. The van der Waals surface area contributed by atoms with Crippen LogP contribution in [0.25, 0.3) is 0 Å². The van der Waals surface area contributed by atoms with Crippen LogP contribution in [0.4, 0.5) is 0 Å². The highest BCUT2D eigenvalue weighted by Gasteiger charge is 2.25. The van der Waals surface area contributed by atoms with Crippen LogP contribution in [0.15, 0.2) is 24.3 Å². The van der Waals surface area contributed by atoms with Crippen LogP contribution < -0.4 is 0 Å². The van der Waals surface area contributed by atoms with Gasteiger partial charge in [0, 0.05) is 12.0 Å². The molecule has 1 aromatic rings. The zero-order chi connectivity index (χ0) is 13.3. The fraction of sp³-hybridized carbons (Fsp3) is 0.588. The zero-order valence-electron chi connectivity index (χ0n) is 12.0. The predicted octanol–water partition coefficient (Wildman–Crippen LogP) is 4.82. The molecule has 18 heavy (non-hydrogen) atoms. The Bertz CT molecular complexity index is 418. The summed E-state index contributed by atoms with van der Waals surface area (Å²) in [5.74, 6) is 1.49. The summed E-state index contributed by atoms with van der Waals surface area (Å²) < 4.78 is 0. The lowest BCUT2D eigenvalue weighted by atomic mass is 9.77. The Balaban J connectivity index is 2.06. The zero-order valence-corrected chi connectivity index (χ0v) is 12.0. The van der Waals surface area contributed by atoms with Gasteiger partial charge in [-0.2, -0.15) is 0 Å². The maximum absolute atomic E-state index is 12.0. The van der Waals surface area contributed by atoms with Gasteiger partial charge < -0.3 is 0 Å². The molecule has 98 valence electrons. The molecule has 1 aliphatic rings. The maximum Gasteiger partial charge on any atom is 0.163 e. The van der Waals surface area contributed by atoms with Crippen molar-refractivity contribution in [3.63, 3.8) is 0 Å². The molecule has 2 rings (SSSR count). The molecule has 1 nitrogen and oxygen atoms in total. The van der Waals surface area contributed by atoms with Crippen molar-refractivity contribution in [3.8, 4) is 0 Å². The normalized spacial score (nSPS) is 17.6. The fourth-order valence-electron chi connectivity index (χ4n) is 2.16. The number of hydrogen-bond acceptors (Lipinski definition) is 1. The Hall–Kier alpha value is -1.11. The van der Waals surface area contributed by atoms with E-state index in [1.54, 1.807) is 0 Å². The van der Waals surface area contributed by atoms with Gasteiger partial charge in [0.15, 0.2) is 5.78 Å². The number of carbonyl (C=O) groups excluding carboxylic acids is 1. The molecular weight excluding hydrogens is 220 g/mol. The van der Waals surface area contributed by atoms with Crippen molar-refractivity contribution in [2.24, 2.45) is 11.3 Å². The molecule has 1 aliphatic carbocycles. The van der Waals surface area contributed by atoms with Crippen molar-refractivity contribution in [2.45, 2.75) is 52.9 Å². The topological polar surface area (TPSA) is 17.1 Å². The van der Waals surface area contributed by atoms with E-state index >= 15 is 0 Å².